The van der Waals surface area contributed by atoms with Crippen LogP contribution in [0.3, 0.4) is 0 Å². The van der Waals surface area contributed by atoms with Crippen molar-refractivity contribution in [2.24, 2.45) is 4.99 Å². The van der Waals surface area contributed by atoms with E-state index >= 15 is 0 Å². The lowest BCUT2D eigenvalue weighted by Gasteiger charge is -2.18. The molecule has 1 rings (SSSR count). The van der Waals surface area contributed by atoms with E-state index < -0.39 is 0 Å². The van der Waals surface area contributed by atoms with Crippen LogP contribution in [0.25, 0.3) is 0 Å². The number of nitrogens with one attached hydrogen (secondary N) is 2. The second-order valence-electron chi connectivity index (χ2n) is 6.19. The van der Waals surface area contributed by atoms with Gasteiger partial charge in [-0.15, -0.1) is 24.0 Å². The standard InChI is InChI=1S/C18H30N4O.HI/c1-7-15(4)21-18(20-12-17(23)22(5)6)19-11-16-9-8-13(2)10-14(16)3;/h8-10,15H,7,11-12H2,1-6H3,(H2,19,20,21);1H. The first kappa shape index (κ1) is 22.7. The van der Waals surface area contributed by atoms with Gasteiger partial charge in [0.05, 0.1) is 13.1 Å². The molecular formula is C18H31IN4O. The van der Waals surface area contributed by atoms with Crippen LogP contribution >= 0.6 is 24.0 Å². The van der Waals surface area contributed by atoms with E-state index in [1.165, 1.54) is 16.7 Å². The van der Waals surface area contributed by atoms with Crippen LogP contribution in [0.4, 0.5) is 0 Å². The summed E-state index contributed by atoms with van der Waals surface area (Å²) in [6.45, 7) is 9.23. The van der Waals surface area contributed by atoms with Crippen LogP contribution in [0.1, 0.15) is 37.0 Å². The zero-order chi connectivity index (χ0) is 17.4. The molecule has 1 unspecified atom stereocenters. The number of rotatable bonds is 6. The average Bonchev–Trinajstić information content (AvgIpc) is 2.50. The first-order chi connectivity index (χ1) is 10.8. The maximum atomic E-state index is 11.7. The van der Waals surface area contributed by atoms with E-state index in [9.17, 15) is 4.79 Å². The summed E-state index contributed by atoms with van der Waals surface area (Å²) < 4.78 is 0. The molecule has 0 aliphatic rings. The Balaban J connectivity index is 0.00000529. The highest BCUT2D eigenvalue weighted by atomic mass is 127. The van der Waals surface area contributed by atoms with Crippen molar-refractivity contribution in [3.8, 4) is 0 Å². The average molecular weight is 446 g/mol. The topological polar surface area (TPSA) is 56.7 Å². The third kappa shape index (κ3) is 7.99. The molecule has 0 aliphatic heterocycles. The Kier molecular flexibility index (Phi) is 10.7. The second kappa shape index (κ2) is 11.3. The summed E-state index contributed by atoms with van der Waals surface area (Å²) in [5, 5.41) is 6.45. The lowest BCUT2D eigenvalue weighted by molar-refractivity contribution is -0.127. The summed E-state index contributed by atoms with van der Waals surface area (Å²) in [4.78, 5) is 17.9. The largest absolute Gasteiger partial charge is 0.354 e. The van der Waals surface area contributed by atoms with Gasteiger partial charge in [-0.1, -0.05) is 30.7 Å². The Morgan fingerprint density at radius 2 is 1.96 bits per heavy atom. The Labute approximate surface area is 163 Å². The van der Waals surface area contributed by atoms with Gasteiger partial charge in [0.15, 0.2) is 5.96 Å². The number of carbonyl (C=O) groups is 1. The first-order valence-electron chi connectivity index (χ1n) is 8.14. The van der Waals surface area contributed by atoms with E-state index in [0.717, 1.165) is 6.42 Å². The van der Waals surface area contributed by atoms with Crippen molar-refractivity contribution in [2.45, 2.75) is 46.7 Å². The summed E-state index contributed by atoms with van der Waals surface area (Å²) in [5.74, 6) is 0.699. The van der Waals surface area contributed by atoms with Crippen molar-refractivity contribution in [3.63, 3.8) is 0 Å². The van der Waals surface area contributed by atoms with Gasteiger partial charge in [0.25, 0.3) is 0 Å². The van der Waals surface area contributed by atoms with Gasteiger partial charge < -0.3 is 15.5 Å². The van der Waals surface area contributed by atoms with E-state index in [4.69, 9.17) is 0 Å². The zero-order valence-corrected chi connectivity index (χ0v) is 18.0. The number of likely N-dealkylation sites (N-methyl/N-ethyl adjacent to an activating group) is 1. The monoisotopic (exact) mass is 446 g/mol. The van der Waals surface area contributed by atoms with E-state index in [-0.39, 0.29) is 36.4 Å². The minimum Gasteiger partial charge on any atom is -0.354 e. The van der Waals surface area contributed by atoms with Crippen molar-refractivity contribution >= 4 is 35.8 Å². The minimum atomic E-state index is 0. The van der Waals surface area contributed by atoms with Crippen LogP contribution in [0.15, 0.2) is 23.2 Å². The molecule has 0 fully saturated rings. The second-order valence-corrected chi connectivity index (χ2v) is 6.19. The predicted octanol–water partition coefficient (Wildman–Crippen LogP) is 2.84. The smallest absolute Gasteiger partial charge is 0.241 e. The molecular weight excluding hydrogens is 415 g/mol. The molecule has 0 saturated heterocycles. The normalized spacial score (nSPS) is 12.2. The summed E-state index contributed by atoms with van der Waals surface area (Å²) in [7, 11) is 3.50. The van der Waals surface area contributed by atoms with E-state index in [1.54, 1.807) is 19.0 Å². The summed E-state index contributed by atoms with van der Waals surface area (Å²) in [6, 6.07) is 6.67. The fraction of sp³-hybridized carbons (Fsp3) is 0.556. The summed E-state index contributed by atoms with van der Waals surface area (Å²) in [5.41, 5.74) is 3.68. The number of amides is 1. The van der Waals surface area contributed by atoms with Gasteiger partial charge in [0.1, 0.15) is 0 Å². The van der Waals surface area contributed by atoms with Crippen LogP contribution in [-0.2, 0) is 11.3 Å². The van der Waals surface area contributed by atoms with Gasteiger partial charge in [-0.3, -0.25) is 4.79 Å². The molecule has 5 nitrogen and oxygen atoms in total. The zero-order valence-electron chi connectivity index (χ0n) is 15.6. The molecule has 0 heterocycles. The van der Waals surface area contributed by atoms with Gasteiger partial charge in [-0.2, -0.15) is 0 Å². The first-order valence-corrected chi connectivity index (χ1v) is 8.14. The third-order valence-corrected chi connectivity index (χ3v) is 3.81. The molecule has 0 aliphatic carbocycles. The predicted molar refractivity (Wildman–Crippen MR) is 112 cm³/mol. The molecule has 0 radical (unpaired) electrons. The van der Waals surface area contributed by atoms with Crippen LogP contribution < -0.4 is 10.6 Å². The number of hydrogen-bond donors (Lipinski definition) is 2. The minimum absolute atomic E-state index is 0. The molecule has 24 heavy (non-hydrogen) atoms. The van der Waals surface area contributed by atoms with Crippen molar-refractivity contribution in [3.05, 3.63) is 34.9 Å². The molecule has 0 bridgehead atoms. The highest BCUT2D eigenvalue weighted by molar-refractivity contribution is 14.0. The van der Waals surface area contributed by atoms with E-state index in [1.807, 2.05) is 0 Å². The molecule has 0 spiro atoms. The summed E-state index contributed by atoms with van der Waals surface area (Å²) in [6.07, 6.45) is 0.992. The molecule has 0 saturated carbocycles. The number of halogens is 1. The van der Waals surface area contributed by atoms with Crippen molar-refractivity contribution < 1.29 is 4.79 Å². The van der Waals surface area contributed by atoms with Gasteiger partial charge in [0, 0.05) is 20.1 Å². The van der Waals surface area contributed by atoms with Crippen LogP contribution in [-0.4, -0.2) is 43.4 Å². The third-order valence-electron chi connectivity index (χ3n) is 3.81. The fourth-order valence-corrected chi connectivity index (χ4v) is 1.99. The van der Waals surface area contributed by atoms with Gasteiger partial charge >= 0.3 is 0 Å². The maximum absolute atomic E-state index is 11.7. The molecule has 6 heteroatoms. The van der Waals surface area contributed by atoms with Crippen molar-refractivity contribution in [1.29, 1.82) is 0 Å². The maximum Gasteiger partial charge on any atom is 0.241 e. The SMILES string of the molecule is CCC(C)NC(=NCc1ccc(C)cc1C)NCC(=O)N(C)C.I. The molecule has 1 aromatic carbocycles. The number of nitrogens with zero attached hydrogens (tertiary/aromatic N) is 2. The van der Waals surface area contributed by atoms with E-state index in [2.05, 4.69) is 61.5 Å². The van der Waals surface area contributed by atoms with Crippen LogP contribution in [0.2, 0.25) is 0 Å². The molecule has 2 N–H and O–H groups in total. The number of carbonyl (C=O) groups excluding carboxylic acids is 1. The lowest BCUT2D eigenvalue weighted by Crippen LogP contribution is -2.45. The Morgan fingerprint density at radius 3 is 2.50 bits per heavy atom. The van der Waals surface area contributed by atoms with Crippen LogP contribution in [0.5, 0.6) is 0 Å². The molecule has 136 valence electrons. The quantitative estimate of drug-likeness (QED) is 0.402. The number of benzene rings is 1. The molecule has 1 amide bonds. The van der Waals surface area contributed by atoms with Gasteiger partial charge in [0.2, 0.25) is 5.91 Å². The number of hydrogen-bond acceptors (Lipinski definition) is 2. The van der Waals surface area contributed by atoms with E-state index in [0.29, 0.717) is 18.5 Å². The Morgan fingerprint density at radius 1 is 1.29 bits per heavy atom. The Hall–Kier alpha value is -1.31. The lowest BCUT2D eigenvalue weighted by atomic mass is 10.1. The fourth-order valence-electron chi connectivity index (χ4n) is 1.99. The van der Waals surface area contributed by atoms with Crippen molar-refractivity contribution in [2.75, 3.05) is 20.6 Å². The molecule has 0 aromatic heterocycles. The highest BCUT2D eigenvalue weighted by Crippen LogP contribution is 2.11. The molecule has 1 atom stereocenters. The number of aryl methyl sites for hydroxylation is 2. The van der Waals surface area contributed by atoms with Crippen molar-refractivity contribution in [1.82, 2.24) is 15.5 Å². The van der Waals surface area contributed by atoms with Gasteiger partial charge in [-0.25, -0.2) is 4.99 Å². The van der Waals surface area contributed by atoms with Gasteiger partial charge in [-0.05, 0) is 38.3 Å². The number of aliphatic imine (C=N–C) groups is 1. The highest BCUT2D eigenvalue weighted by Gasteiger charge is 2.08. The molecule has 1 aromatic rings. The number of guanidine groups is 1. The summed E-state index contributed by atoms with van der Waals surface area (Å²) >= 11 is 0. The Bertz CT molecular complexity index is 558. The van der Waals surface area contributed by atoms with Crippen LogP contribution in [0, 0.1) is 13.8 Å².